The van der Waals surface area contributed by atoms with Crippen molar-refractivity contribution in [2.45, 2.75) is 6.92 Å². The van der Waals surface area contributed by atoms with E-state index in [1.165, 1.54) is 25.6 Å². The molecule has 0 saturated heterocycles. The van der Waals surface area contributed by atoms with Crippen molar-refractivity contribution in [1.29, 1.82) is 0 Å². The smallest absolute Gasteiger partial charge is 0.257 e. The van der Waals surface area contributed by atoms with E-state index in [0.29, 0.717) is 29.6 Å². The Hall–Kier alpha value is -2.64. The Morgan fingerprint density at radius 2 is 1.81 bits per heavy atom. The number of ether oxygens (including phenoxy) is 2. The fraction of sp³-hybridized carbons (Fsp3) is 0.278. The predicted molar refractivity (Wildman–Crippen MR) is 99.1 cm³/mol. The molecule has 0 atom stereocenters. The maximum absolute atomic E-state index is 12.5. The topological polar surface area (TPSA) is 89.5 Å². The third-order valence-electron chi connectivity index (χ3n) is 3.58. The summed E-state index contributed by atoms with van der Waals surface area (Å²) in [7, 11) is 3.04. The van der Waals surface area contributed by atoms with E-state index in [9.17, 15) is 9.59 Å². The number of carbonyl (C=O) groups excluding carboxylic acids is 2. The average molecular weight is 378 g/mol. The Morgan fingerprint density at radius 1 is 1.12 bits per heavy atom. The number of benzene rings is 1. The van der Waals surface area contributed by atoms with Crippen LogP contribution in [-0.4, -0.2) is 44.2 Å². The van der Waals surface area contributed by atoms with Gasteiger partial charge in [-0.2, -0.15) is 0 Å². The van der Waals surface area contributed by atoms with Gasteiger partial charge in [-0.1, -0.05) is 11.6 Å². The molecule has 0 radical (unpaired) electrons. The summed E-state index contributed by atoms with van der Waals surface area (Å²) < 4.78 is 10.1. The zero-order chi connectivity index (χ0) is 19.1. The first kappa shape index (κ1) is 19.7. The number of carbonyl (C=O) groups is 2. The summed E-state index contributed by atoms with van der Waals surface area (Å²) in [6.45, 7) is 2.59. The summed E-state index contributed by atoms with van der Waals surface area (Å²) in [5.74, 6) is -0.302. The maximum Gasteiger partial charge on any atom is 0.257 e. The minimum Gasteiger partial charge on any atom is -0.495 e. The van der Waals surface area contributed by atoms with Gasteiger partial charge in [0.05, 0.1) is 30.5 Å². The second kappa shape index (κ2) is 9.17. The fourth-order valence-electron chi connectivity index (χ4n) is 2.18. The summed E-state index contributed by atoms with van der Waals surface area (Å²) >= 11 is 6.07. The van der Waals surface area contributed by atoms with Gasteiger partial charge in [-0.3, -0.25) is 14.6 Å². The highest BCUT2D eigenvalue weighted by molar-refractivity contribution is 6.31. The van der Waals surface area contributed by atoms with Crippen LogP contribution in [0.5, 0.6) is 5.75 Å². The molecule has 26 heavy (non-hydrogen) atoms. The zero-order valence-corrected chi connectivity index (χ0v) is 15.5. The van der Waals surface area contributed by atoms with Gasteiger partial charge < -0.3 is 20.1 Å². The van der Waals surface area contributed by atoms with Crippen molar-refractivity contribution in [3.8, 4) is 5.75 Å². The third-order valence-corrected chi connectivity index (χ3v) is 3.99. The van der Waals surface area contributed by atoms with Crippen LogP contribution in [0.2, 0.25) is 5.02 Å². The molecule has 0 aliphatic rings. The molecule has 0 fully saturated rings. The van der Waals surface area contributed by atoms with E-state index in [1.54, 1.807) is 19.2 Å². The lowest BCUT2D eigenvalue weighted by atomic mass is 10.1. The van der Waals surface area contributed by atoms with Crippen molar-refractivity contribution in [1.82, 2.24) is 10.3 Å². The van der Waals surface area contributed by atoms with Gasteiger partial charge >= 0.3 is 0 Å². The molecule has 0 aliphatic heterocycles. The number of anilines is 1. The standard InChI is InChI=1S/C18H20ClN3O4/c1-11-6-15(16(26-3)8-14(11)19)22-18(24)13-7-12(9-20-10-13)17(23)21-4-5-25-2/h6-10H,4-5H2,1-3H3,(H,21,23)(H,22,24). The fourth-order valence-corrected chi connectivity index (χ4v) is 2.33. The Kier molecular flexibility index (Phi) is 6.94. The molecule has 8 heteroatoms. The van der Waals surface area contributed by atoms with Gasteiger partial charge in [-0.05, 0) is 24.6 Å². The molecular formula is C18H20ClN3O4. The van der Waals surface area contributed by atoms with Crippen LogP contribution in [-0.2, 0) is 4.74 Å². The van der Waals surface area contributed by atoms with E-state index in [1.807, 2.05) is 6.92 Å². The van der Waals surface area contributed by atoms with Crippen molar-refractivity contribution in [3.05, 3.63) is 52.3 Å². The van der Waals surface area contributed by atoms with Crippen molar-refractivity contribution in [2.75, 3.05) is 32.7 Å². The normalized spacial score (nSPS) is 10.3. The molecule has 2 amide bonds. The molecule has 7 nitrogen and oxygen atoms in total. The van der Waals surface area contributed by atoms with Crippen LogP contribution < -0.4 is 15.4 Å². The summed E-state index contributed by atoms with van der Waals surface area (Å²) in [5.41, 5.74) is 1.81. The molecule has 2 rings (SSSR count). The van der Waals surface area contributed by atoms with E-state index < -0.39 is 5.91 Å². The molecule has 1 heterocycles. The number of halogens is 1. The molecule has 2 N–H and O–H groups in total. The first-order valence-electron chi connectivity index (χ1n) is 7.84. The summed E-state index contributed by atoms with van der Waals surface area (Å²) in [5, 5.41) is 5.97. The van der Waals surface area contributed by atoms with Crippen LogP contribution >= 0.6 is 11.6 Å². The Bertz CT molecular complexity index is 811. The maximum atomic E-state index is 12.5. The zero-order valence-electron chi connectivity index (χ0n) is 14.8. The highest BCUT2D eigenvalue weighted by Gasteiger charge is 2.14. The van der Waals surface area contributed by atoms with Crippen molar-refractivity contribution in [3.63, 3.8) is 0 Å². The molecule has 0 saturated carbocycles. The number of hydrogen-bond donors (Lipinski definition) is 2. The van der Waals surface area contributed by atoms with Gasteiger partial charge in [0.2, 0.25) is 0 Å². The molecule has 1 aromatic carbocycles. The molecule has 0 aliphatic carbocycles. The number of rotatable bonds is 7. The van der Waals surface area contributed by atoms with Gasteiger partial charge in [0.15, 0.2) is 0 Å². The van der Waals surface area contributed by atoms with E-state index >= 15 is 0 Å². The summed E-state index contributed by atoms with van der Waals surface area (Å²) in [6, 6.07) is 4.82. The van der Waals surface area contributed by atoms with Crippen molar-refractivity contribution < 1.29 is 19.1 Å². The first-order valence-corrected chi connectivity index (χ1v) is 8.21. The Labute approximate surface area is 156 Å². The Balaban J connectivity index is 2.17. The van der Waals surface area contributed by atoms with E-state index in [-0.39, 0.29) is 17.0 Å². The Morgan fingerprint density at radius 3 is 2.46 bits per heavy atom. The van der Waals surface area contributed by atoms with E-state index in [0.717, 1.165) is 5.56 Å². The van der Waals surface area contributed by atoms with Crippen LogP contribution in [0.15, 0.2) is 30.6 Å². The molecular weight excluding hydrogens is 358 g/mol. The summed E-state index contributed by atoms with van der Waals surface area (Å²) in [4.78, 5) is 28.6. The minimum absolute atomic E-state index is 0.249. The van der Waals surface area contributed by atoms with Crippen LogP contribution in [0.1, 0.15) is 26.3 Å². The highest BCUT2D eigenvalue weighted by Crippen LogP contribution is 2.31. The summed E-state index contributed by atoms with van der Waals surface area (Å²) in [6.07, 6.45) is 2.78. The molecule has 0 spiro atoms. The number of nitrogens with zero attached hydrogens (tertiary/aromatic N) is 1. The van der Waals surface area contributed by atoms with Gasteiger partial charge in [-0.15, -0.1) is 0 Å². The molecule has 2 aromatic rings. The number of amides is 2. The van der Waals surface area contributed by atoms with Crippen LogP contribution in [0.4, 0.5) is 5.69 Å². The number of aryl methyl sites for hydroxylation is 1. The van der Waals surface area contributed by atoms with E-state index in [2.05, 4.69) is 15.6 Å². The van der Waals surface area contributed by atoms with Gasteiger partial charge in [-0.25, -0.2) is 0 Å². The number of nitrogens with one attached hydrogen (secondary N) is 2. The molecule has 138 valence electrons. The highest BCUT2D eigenvalue weighted by atomic mass is 35.5. The SMILES string of the molecule is COCCNC(=O)c1cncc(C(=O)Nc2cc(C)c(Cl)cc2OC)c1. The van der Waals surface area contributed by atoms with Crippen molar-refractivity contribution >= 4 is 29.1 Å². The number of methoxy groups -OCH3 is 2. The van der Waals surface area contributed by atoms with Crippen LogP contribution in [0.25, 0.3) is 0 Å². The first-order chi connectivity index (χ1) is 12.5. The molecule has 0 bridgehead atoms. The average Bonchev–Trinajstić information content (AvgIpc) is 2.64. The van der Waals surface area contributed by atoms with Gasteiger partial charge in [0.1, 0.15) is 5.75 Å². The molecule has 1 aromatic heterocycles. The second-order valence-corrected chi connectivity index (χ2v) is 5.87. The van der Waals surface area contributed by atoms with Gasteiger partial charge in [0.25, 0.3) is 11.8 Å². The monoisotopic (exact) mass is 377 g/mol. The predicted octanol–water partition coefficient (Wildman–Crippen LogP) is 2.68. The van der Waals surface area contributed by atoms with Crippen molar-refractivity contribution in [2.24, 2.45) is 0 Å². The van der Waals surface area contributed by atoms with Crippen LogP contribution in [0, 0.1) is 6.92 Å². The third kappa shape index (κ3) is 4.93. The number of hydrogen-bond acceptors (Lipinski definition) is 5. The van der Waals surface area contributed by atoms with E-state index in [4.69, 9.17) is 21.1 Å². The van der Waals surface area contributed by atoms with Gasteiger partial charge in [0, 0.05) is 37.1 Å². The number of pyridine rings is 1. The quantitative estimate of drug-likeness (QED) is 0.724. The second-order valence-electron chi connectivity index (χ2n) is 5.47. The minimum atomic E-state index is -0.413. The molecule has 0 unspecified atom stereocenters. The van der Waals surface area contributed by atoms with Crippen LogP contribution in [0.3, 0.4) is 0 Å². The lowest BCUT2D eigenvalue weighted by molar-refractivity contribution is 0.0936. The largest absolute Gasteiger partial charge is 0.495 e. The lowest BCUT2D eigenvalue weighted by Gasteiger charge is -2.12. The number of aromatic nitrogens is 1. The lowest BCUT2D eigenvalue weighted by Crippen LogP contribution is -2.27.